The van der Waals surface area contributed by atoms with Gasteiger partial charge in [0.05, 0.1) is 18.8 Å². The molecule has 4 unspecified atom stereocenters. The van der Waals surface area contributed by atoms with Crippen molar-refractivity contribution in [1.29, 1.82) is 0 Å². The van der Waals surface area contributed by atoms with Crippen molar-refractivity contribution in [3.63, 3.8) is 0 Å². The second kappa shape index (κ2) is 9.89. The first-order chi connectivity index (χ1) is 13.2. The Kier molecular flexibility index (Phi) is 8.09. The molecule has 2 heterocycles. The zero-order valence-electron chi connectivity index (χ0n) is 15.7. The van der Waals surface area contributed by atoms with E-state index in [1.165, 1.54) is 14.0 Å². The lowest BCUT2D eigenvalue weighted by Crippen LogP contribution is -2.67. The summed E-state index contributed by atoms with van der Waals surface area (Å²) in [7, 11) is 1.23. The summed E-state index contributed by atoms with van der Waals surface area (Å²) in [5.74, 6) is -0.421. The molecule has 2 aliphatic rings. The number of rotatable bonds is 7. The zero-order chi connectivity index (χ0) is 21.0. The third-order valence-electron chi connectivity index (χ3n) is 4.77. The number of hydrogen-bond acceptors (Lipinski definition) is 11. The number of aliphatic hydroxyl groups excluding tert-OH is 4. The number of aliphatic hydroxyl groups is 4. The number of amides is 1. The van der Waals surface area contributed by atoms with Gasteiger partial charge in [0.15, 0.2) is 6.29 Å². The minimum absolute atomic E-state index is 0.0887. The number of carbonyl (C=O) groups is 2. The summed E-state index contributed by atoms with van der Waals surface area (Å²) in [6.45, 7) is 2.45. The average Bonchev–Trinajstić information content (AvgIpc) is 2.64. The highest BCUT2D eigenvalue weighted by molar-refractivity contribution is 5.73. The Balaban J connectivity index is 2.24. The van der Waals surface area contributed by atoms with Crippen LogP contribution in [0.3, 0.4) is 0 Å². The molecule has 162 valence electrons. The van der Waals surface area contributed by atoms with Crippen LogP contribution < -0.4 is 5.32 Å². The number of nitrogens with one attached hydrogen (secondary N) is 1. The Morgan fingerprint density at radius 1 is 1.11 bits per heavy atom. The van der Waals surface area contributed by atoms with Gasteiger partial charge in [0.25, 0.3) is 6.47 Å². The van der Waals surface area contributed by atoms with Crippen molar-refractivity contribution >= 4 is 12.4 Å². The summed E-state index contributed by atoms with van der Waals surface area (Å²) in [5.41, 5.74) is 0. The summed E-state index contributed by atoms with van der Waals surface area (Å²) in [5, 5.41) is 43.1. The van der Waals surface area contributed by atoms with Crippen LogP contribution in [0.15, 0.2) is 0 Å². The summed E-state index contributed by atoms with van der Waals surface area (Å²) < 4.78 is 26.3. The lowest BCUT2D eigenvalue weighted by Gasteiger charge is -2.47. The average molecular weight is 409 g/mol. The molecule has 28 heavy (non-hydrogen) atoms. The minimum Gasteiger partial charge on any atom is -0.435 e. The number of methoxy groups -OCH3 is 1. The maximum Gasteiger partial charge on any atom is 0.295 e. The molecule has 5 N–H and O–H groups in total. The van der Waals surface area contributed by atoms with E-state index in [-0.39, 0.29) is 6.47 Å². The second-order valence-electron chi connectivity index (χ2n) is 6.67. The second-order valence-corrected chi connectivity index (χ2v) is 6.67. The monoisotopic (exact) mass is 409 g/mol. The highest BCUT2D eigenvalue weighted by atomic mass is 16.8. The molecule has 2 aliphatic heterocycles. The summed E-state index contributed by atoms with van der Waals surface area (Å²) >= 11 is 0. The fourth-order valence-corrected chi connectivity index (χ4v) is 3.37. The van der Waals surface area contributed by atoms with E-state index >= 15 is 0 Å². The van der Waals surface area contributed by atoms with E-state index in [2.05, 4.69) is 5.32 Å². The predicted molar refractivity (Wildman–Crippen MR) is 88.5 cm³/mol. The smallest absolute Gasteiger partial charge is 0.295 e. The van der Waals surface area contributed by atoms with E-state index in [9.17, 15) is 30.0 Å². The van der Waals surface area contributed by atoms with Gasteiger partial charge in [0, 0.05) is 14.0 Å². The van der Waals surface area contributed by atoms with Crippen molar-refractivity contribution in [2.24, 2.45) is 0 Å². The maximum absolute atomic E-state index is 11.5. The standard InChI is InChI=1S/C16H27NO11/c1-6-9(17-7(2)20)13(10(21)8(4-18)26-6)27-15-12(23)11(22)14(24-3)16(28-15)25-5-19/h5-6,8-16,18,21-23H,4H2,1-3H3,(H,17,20)/t6-,8?,9?,10+,11+,12?,13+,14-,15+,16?/m0/s1. The van der Waals surface area contributed by atoms with E-state index in [1.807, 2.05) is 0 Å². The highest BCUT2D eigenvalue weighted by Crippen LogP contribution is 2.30. The first kappa shape index (κ1) is 22.9. The van der Waals surface area contributed by atoms with Crippen molar-refractivity contribution in [2.45, 2.75) is 75.2 Å². The molecule has 0 bridgehead atoms. The molecule has 0 aromatic rings. The Morgan fingerprint density at radius 2 is 1.79 bits per heavy atom. The van der Waals surface area contributed by atoms with Crippen molar-refractivity contribution < 1.29 is 53.7 Å². The Hall–Kier alpha value is -1.38. The predicted octanol–water partition coefficient (Wildman–Crippen LogP) is -3.39. The molecule has 2 fully saturated rings. The van der Waals surface area contributed by atoms with Gasteiger partial charge in [-0.2, -0.15) is 0 Å². The van der Waals surface area contributed by atoms with Crippen LogP contribution >= 0.6 is 0 Å². The van der Waals surface area contributed by atoms with Gasteiger partial charge in [-0.25, -0.2) is 0 Å². The zero-order valence-corrected chi connectivity index (χ0v) is 15.7. The van der Waals surface area contributed by atoms with Gasteiger partial charge >= 0.3 is 0 Å². The third kappa shape index (κ3) is 4.78. The van der Waals surface area contributed by atoms with E-state index in [4.69, 9.17) is 23.7 Å². The summed E-state index contributed by atoms with van der Waals surface area (Å²) in [6.07, 6.45) is -11.5. The van der Waals surface area contributed by atoms with Gasteiger partial charge in [-0.3, -0.25) is 9.59 Å². The van der Waals surface area contributed by atoms with Gasteiger partial charge in [0.2, 0.25) is 12.2 Å². The van der Waals surface area contributed by atoms with Crippen LogP contribution in [-0.4, -0.2) is 108 Å². The van der Waals surface area contributed by atoms with Gasteiger partial charge in [-0.1, -0.05) is 0 Å². The first-order valence-corrected chi connectivity index (χ1v) is 8.75. The van der Waals surface area contributed by atoms with E-state index in [1.54, 1.807) is 6.92 Å². The molecule has 0 saturated carbocycles. The molecule has 0 radical (unpaired) electrons. The Bertz CT molecular complexity index is 535. The van der Waals surface area contributed by atoms with Crippen molar-refractivity contribution in [1.82, 2.24) is 5.32 Å². The quantitative estimate of drug-likeness (QED) is 0.265. The summed E-state index contributed by atoms with van der Waals surface area (Å²) in [4.78, 5) is 22.2. The molecule has 12 nitrogen and oxygen atoms in total. The molecule has 12 heteroatoms. The molecular weight excluding hydrogens is 382 g/mol. The van der Waals surface area contributed by atoms with Crippen LogP contribution in [0.5, 0.6) is 0 Å². The molecule has 10 atom stereocenters. The molecular formula is C16H27NO11. The topological polar surface area (TPSA) is 173 Å². The molecule has 0 aromatic carbocycles. The van der Waals surface area contributed by atoms with Crippen molar-refractivity contribution in [3.05, 3.63) is 0 Å². The van der Waals surface area contributed by atoms with Gasteiger partial charge in [0.1, 0.15) is 36.6 Å². The Labute approximate surface area is 161 Å². The summed E-state index contributed by atoms with van der Waals surface area (Å²) in [6, 6.07) is -0.853. The van der Waals surface area contributed by atoms with Crippen LogP contribution in [-0.2, 0) is 33.3 Å². The van der Waals surface area contributed by atoms with Crippen LogP contribution in [0.4, 0.5) is 0 Å². The van der Waals surface area contributed by atoms with Gasteiger partial charge in [-0.05, 0) is 6.92 Å². The van der Waals surface area contributed by atoms with E-state index in [0.29, 0.717) is 0 Å². The van der Waals surface area contributed by atoms with Crippen LogP contribution in [0.2, 0.25) is 0 Å². The van der Waals surface area contributed by atoms with Crippen LogP contribution in [0, 0.1) is 0 Å². The minimum atomic E-state index is -1.62. The van der Waals surface area contributed by atoms with Gasteiger partial charge in [-0.15, -0.1) is 0 Å². The molecule has 2 rings (SSSR count). The third-order valence-corrected chi connectivity index (χ3v) is 4.77. The van der Waals surface area contributed by atoms with Crippen molar-refractivity contribution in [2.75, 3.05) is 13.7 Å². The molecule has 1 amide bonds. The van der Waals surface area contributed by atoms with E-state index < -0.39 is 73.9 Å². The maximum atomic E-state index is 11.5. The first-order valence-electron chi connectivity index (χ1n) is 8.75. The number of carbonyl (C=O) groups excluding carboxylic acids is 2. The number of ether oxygens (including phenoxy) is 5. The van der Waals surface area contributed by atoms with Gasteiger partial charge < -0.3 is 49.4 Å². The lowest BCUT2D eigenvalue weighted by atomic mass is 9.92. The fourth-order valence-electron chi connectivity index (χ4n) is 3.37. The molecule has 0 aliphatic carbocycles. The van der Waals surface area contributed by atoms with Crippen LogP contribution in [0.25, 0.3) is 0 Å². The highest BCUT2D eigenvalue weighted by Gasteiger charge is 2.51. The SMILES string of the molecule is CO[C@@H]1C(OC=O)O[C@@H](O[C@@H]2C(NC(C)=O)[C@H](C)OC(CO)[C@H]2O)C(O)[C@H]1O. The van der Waals surface area contributed by atoms with E-state index in [0.717, 1.165) is 0 Å². The molecule has 2 saturated heterocycles. The van der Waals surface area contributed by atoms with Crippen LogP contribution in [0.1, 0.15) is 13.8 Å². The fraction of sp³-hybridized carbons (Fsp3) is 0.875. The largest absolute Gasteiger partial charge is 0.435 e. The Morgan fingerprint density at radius 3 is 2.32 bits per heavy atom. The lowest BCUT2D eigenvalue weighted by molar-refractivity contribution is -0.362. The molecule has 0 aromatic heterocycles. The normalized spacial score (nSPS) is 44.0. The number of hydrogen-bond donors (Lipinski definition) is 5. The van der Waals surface area contributed by atoms with Crippen molar-refractivity contribution in [3.8, 4) is 0 Å². The molecule has 0 spiro atoms.